The smallest absolute Gasteiger partial charge is 0.243 e. The molecule has 1 unspecified atom stereocenters. The second kappa shape index (κ2) is 6.11. The lowest BCUT2D eigenvalue weighted by Gasteiger charge is -2.24. The van der Waals surface area contributed by atoms with Crippen molar-refractivity contribution < 1.29 is 13.2 Å². The van der Waals surface area contributed by atoms with Gasteiger partial charge in [-0.2, -0.15) is 0 Å². The number of ether oxygens (including phenoxy) is 1. The third-order valence-electron chi connectivity index (χ3n) is 3.34. The van der Waals surface area contributed by atoms with Crippen LogP contribution in [0.5, 0.6) is 0 Å². The first-order valence-electron chi connectivity index (χ1n) is 6.91. The molecule has 0 bridgehead atoms. The zero-order valence-corrected chi connectivity index (χ0v) is 12.8. The van der Waals surface area contributed by atoms with Crippen LogP contribution in [0.2, 0.25) is 0 Å². The van der Waals surface area contributed by atoms with Crippen molar-refractivity contribution in [1.29, 1.82) is 0 Å². The first-order valence-corrected chi connectivity index (χ1v) is 8.40. The van der Waals surface area contributed by atoms with Crippen molar-refractivity contribution >= 4 is 15.7 Å². The molecule has 6 heteroatoms. The molecule has 1 aliphatic rings. The fourth-order valence-electron chi connectivity index (χ4n) is 2.23. The van der Waals surface area contributed by atoms with E-state index in [2.05, 4.69) is 10.0 Å². The van der Waals surface area contributed by atoms with Crippen LogP contribution in [0.15, 0.2) is 29.2 Å². The molecule has 0 aromatic heterocycles. The summed E-state index contributed by atoms with van der Waals surface area (Å²) >= 11 is 0. The summed E-state index contributed by atoms with van der Waals surface area (Å²) in [5.41, 5.74) is 0.126. The number of anilines is 1. The number of nitrogens with one attached hydrogen (secondary N) is 2. The zero-order valence-electron chi connectivity index (χ0n) is 12.0. The highest BCUT2D eigenvalue weighted by Gasteiger charge is 2.35. The maximum Gasteiger partial charge on any atom is 0.243 e. The van der Waals surface area contributed by atoms with Crippen LogP contribution in [0.25, 0.3) is 0 Å². The lowest BCUT2D eigenvalue weighted by atomic mass is 10.0. The van der Waals surface area contributed by atoms with E-state index in [0.717, 1.165) is 13.0 Å². The number of sulfonamides is 1. The van der Waals surface area contributed by atoms with Crippen molar-refractivity contribution in [2.75, 3.05) is 25.1 Å². The van der Waals surface area contributed by atoms with Crippen LogP contribution in [-0.2, 0) is 14.8 Å². The van der Waals surface area contributed by atoms with Gasteiger partial charge in [-0.15, -0.1) is 0 Å². The van der Waals surface area contributed by atoms with Gasteiger partial charge in [-0.1, -0.05) is 19.1 Å². The lowest BCUT2D eigenvalue weighted by Crippen LogP contribution is -2.46. The van der Waals surface area contributed by atoms with Crippen LogP contribution >= 0.6 is 0 Å². The summed E-state index contributed by atoms with van der Waals surface area (Å²) in [5, 5.41) is 3.16. The Morgan fingerprint density at radius 2 is 2.10 bits per heavy atom. The number of benzene rings is 1. The molecule has 1 aromatic rings. The summed E-state index contributed by atoms with van der Waals surface area (Å²) in [6.45, 7) is 5.66. The van der Waals surface area contributed by atoms with Crippen LogP contribution in [0.1, 0.15) is 26.7 Å². The van der Waals surface area contributed by atoms with Crippen LogP contribution < -0.4 is 10.0 Å². The third kappa shape index (κ3) is 3.50. The van der Waals surface area contributed by atoms with Gasteiger partial charge in [-0.25, -0.2) is 13.1 Å². The van der Waals surface area contributed by atoms with E-state index in [4.69, 9.17) is 4.74 Å². The number of rotatable bonds is 6. The molecule has 20 heavy (non-hydrogen) atoms. The van der Waals surface area contributed by atoms with Crippen LogP contribution in [0.3, 0.4) is 0 Å². The fraction of sp³-hybridized carbons (Fsp3) is 0.571. The minimum atomic E-state index is -3.56. The SMILES string of the molecule is CCCNc1ccccc1S(=O)(=O)NC1(C)CCOC1. The average Bonchev–Trinajstić information content (AvgIpc) is 2.82. The maximum absolute atomic E-state index is 12.6. The Hall–Kier alpha value is -1.11. The largest absolute Gasteiger partial charge is 0.384 e. The molecule has 0 spiro atoms. The maximum atomic E-state index is 12.6. The van der Waals surface area contributed by atoms with Gasteiger partial charge in [0.2, 0.25) is 10.0 Å². The quantitative estimate of drug-likeness (QED) is 0.842. The summed E-state index contributed by atoms with van der Waals surface area (Å²) in [6, 6.07) is 6.98. The molecule has 0 amide bonds. The van der Waals surface area contributed by atoms with Gasteiger partial charge in [-0.05, 0) is 31.9 Å². The molecule has 5 nitrogen and oxygen atoms in total. The minimum Gasteiger partial charge on any atom is -0.384 e. The van der Waals surface area contributed by atoms with Gasteiger partial charge < -0.3 is 10.1 Å². The standard InChI is InChI=1S/C14H22N2O3S/c1-3-9-15-12-6-4-5-7-13(12)20(17,18)16-14(2)8-10-19-11-14/h4-7,15-16H,3,8-11H2,1-2H3. The Balaban J connectivity index is 2.24. The van der Waals surface area contributed by atoms with Crippen LogP contribution in [0, 0.1) is 0 Å². The van der Waals surface area contributed by atoms with Gasteiger partial charge in [0.1, 0.15) is 4.90 Å². The molecule has 1 atom stereocenters. The molecule has 2 N–H and O–H groups in total. The second-order valence-corrected chi connectivity index (χ2v) is 7.04. The average molecular weight is 298 g/mol. The minimum absolute atomic E-state index is 0.293. The van der Waals surface area contributed by atoms with E-state index in [1.54, 1.807) is 18.2 Å². The van der Waals surface area contributed by atoms with Gasteiger partial charge in [0.25, 0.3) is 0 Å². The first kappa shape index (κ1) is 15.3. The van der Waals surface area contributed by atoms with Gasteiger partial charge >= 0.3 is 0 Å². The van der Waals surface area contributed by atoms with Gasteiger partial charge in [0, 0.05) is 13.2 Å². The Labute approximate surface area is 120 Å². The van der Waals surface area contributed by atoms with E-state index in [1.165, 1.54) is 0 Å². The predicted octanol–water partition coefficient (Wildman–Crippen LogP) is 1.97. The van der Waals surface area contributed by atoms with Crippen molar-refractivity contribution in [3.63, 3.8) is 0 Å². The summed E-state index contributed by atoms with van der Waals surface area (Å²) in [6.07, 6.45) is 1.63. The topological polar surface area (TPSA) is 67.4 Å². The fourth-order valence-corrected chi connectivity index (χ4v) is 3.84. The van der Waals surface area contributed by atoms with E-state index in [9.17, 15) is 8.42 Å². The first-order chi connectivity index (χ1) is 9.47. The number of para-hydroxylation sites is 1. The van der Waals surface area contributed by atoms with Crippen LogP contribution in [0.4, 0.5) is 5.69 Å². The molecule has 112 valence electrons. The zero-order chi connectivity index (χ0) is 14.6. The van der Waals surface area contributed by atoms with Crippen molar-refractivity contribution in [3.05, 3.63) is 24.3 Å². The molecule has 0 radical (unpaired) electrons. The highest BCUT2D eigenvalue weighted by Crippen LogP contribution is 2.25. The van der Waals surface area contributed by atoms with Crippen molar-refractivity contribution in [2.24, 2.45) is 0 Å². The van der Waals surface area contributed by atoms with Gasteiger partial charge in [0.15, 0.2) is 0 Å². The Morgan fingerprint density at radius 1 is 1.35 bits per heavy atom. The van der Waals surface area contributed by atoms with E-state index in [1.807, 2.05) is 19.9 Å². The summed E-state index contributed by atoms with van der Waals surface area (Å²) in [4.78, 5) is 0.293. The predicted molar refractivity (Wildman–Crippen MR) is 79.4 cm³/mol. The van der Waals surface area contributed by atoms with Gasteiger partial charge in [-0.3, -0.25) is 0 Å². The van der Waals surface area contributed by atoms with E-state index in [-0.39, 0.29) is 0 Å². The molecule has 1 aliphatic heterocycles. The van der Waals surface area contributed by atoms with E-state index < -0.39 is 15.6 Å². The van der Waals surface area contributed by atoms with Crippen molar-refractivity contribution in [3.8, 4) is 0 Å². The normalized spacial score (nSPS) is 22.9. The number of hydrogen-bond donors (Lipinski definition) is 2. The van der Waals surface area contributed by atoms with E-state index in [0.29, 0.717) is 30.2 Å². The highest BCUT2D eigenvalue weighted by molar-refractivity contribution is 7.89. The molecule has 1 fully saturated rings. The highest BCUT2D eigenvalue weighted by atomic mass is 32.2. The second-order valence-electron chi connectivity index (χ2n) is 5.39. The molecule has 1 heterocycles. The molecule has 0 aliphatic carbocycles. The Bertz CT molecular complexity index is 551. The van der Waals surface area contributed by atoms with Crippen molar-refractivity contribution in [1.82, 2.24) is 4.72 Å². The molecular formula is C14H22N2O3S. The number of hydrogen-bond acceptors (Lipinski definition) is 4. The molecular weight excluding hydrogens is 276 g/mol. The molecule has 2 rings (SSSR count). The van der Waals surface area contributed by atoms with E-state index >= 15 is 0 Å². The lowest BCUT2D eigenvalue weighted by molar-refractivity contribution is 0.178. The summed E-state index contributed by atoms with van der Waals surface area (Å²) < 4.78 is 33.2. The van der Waals surface area contributed by atoms with Gasteiger partial charge in [0.05, 0.1) is 17.8 Å². The molecule has 0 saturated carbocycles. The summed E-state index contributed by atoms with van der Waals surface area (Å²) in [5.74, 6) is 0. The Kier molecular flexibility index (Phi) is 4.67. The summed E-state index contributed by atoms with van der Waals surface area (Å²) in [7, 11) is -3.56. The van der Waals surface area contributed by atoms with Crippen molar-refractivity contribution in [2.45, 2.75) is 37.1 Å². The monoisotopic (exact) mass is 298 g/mol. The molecule has 1 aromatic carbocycles. The Morgan fingerprint density at radius 3 is 2.75 bits per heavy atom. The van der Waals surface area contributed by atoms with Crippen LogP contribution in [-0.4, -0.2) is 33.7 Å². The third-order valence-corrected chi connectivity index (χ3v) is 5.04. The molecule has 1 saturated heterocycles.